The minimum absolute atomic E-state index is 0.0747. The van der Waals surface area contributed by atoms with Crippen molar-refractivity contribution in [3.63, 3.8) is 0 Å². The van der Waals surface area contributed by atoms with E-state index in [4.69, 9.17) is 10.3 Å². The molecule has 104 valence electrons. The number of nitrogens with one attached hydrogen (secondary N) is 1. The molecule has 2 aromatic rings. The van der Waals surface area contributed by atoms with E-state index >= 15 is 0 Å². The van der Waals surface area contributed by atoms with Gasteiger partial charge in [0, 0.05) is 10.9 Å². The highest BCUT2D eigenvalue weighted by atomic mass is 16.3. The molecule has 4 nitrogen and oxygen atoms in total. The summed E-state index contributed by atoms with van der Waals surface area (Å²) in [7, 11) is 4.08. The van der Waals surface area contributed by atoms with E-state index in [0.29, 0.717) is 0 Å². The molecule has 0 amide bonds. The van der Waals surface area contributed by atoms with E-state index in [1.807, 2.05) is 20.2 Å². The molecular formula is C15H23N3O. The number of hydrogen-bond acceptors (Lipinski definition) is 4. The highest BCUT2D eigenvalue weighted by Crippen LogP contribution is 2.33. The van der Waals surface area contributed by atoms with Gasteiger partial charge in [0.25, 0.3) is 0 Å². The molecule has 19 heavy (non-hydrogen) atoms. The summed E-state index contributed by atoms with van der Waals surface area (Å²) < 4.78 is 6.02. The van der Waals surface area contributed by atoms with Crippen LogP contribution in [0.4, 0.5) is 0 Å². The Labute approximate surface area is 114 Å². The first kappa shape index (κ1) is 14.1. The molecule has 1 heterocycles. The number of rotatable bonds is 4. The number of aryl methyl sites for hydroxylation is 1. The fourth-order valence-corrected chi connectivity index (χ4v) is 2.26. The minimum Gasteiger partial charge on any atom is -0.459 e. The van der Waals surface area contributed by atoms with Crippen LogP contribution in [0.25, 0.3) is 11.0 Å². The number of likely N-dealkylation sites (N-methyl/N-ethyl adjacent to an activating group) is 1. The second-order valence-electron chi connectivity index (χ2n) is 5.79. The van der Waals surface area contributed by atoms with Crippen LogP contribution in [-0.4, -0.2) is 24.5 Å². The van der Waals surface area contributed by atoms with Crippen molar-refractivity contribution in [2.45, 2.75) is 32.4 Å². The Bertz CT molecular complexity index is 572. The van der Waals surface area contributed by atoms with Gasteiger partial charge >= 0.3 is 0 Å². The highest BCUT2D eigenvalue weighted by Gasteiger charge is 2.34. The molecule has 1 unspecified atom stereocenters. The van der Waals surface area contributed by atoms with E-state index in [9.17, 15) is 0 Å². The van der Waals surface area contributed by atoms with Crippen molar-refractivity contribution in [3.05, 3.63) is 35.6 Å². The van der Waals surface area contributed by atoms with Crippen molar-refractivity contribution < 1.29 is 4.42 Å². The van der Waals surface area contributed by atoms with Crippen molar-refractivity contribution in [1.29, 1.82) is 0 Å². The molecule has 0 fully saturated rings. The van der Waals surface area contributed by atoms with Gasteiger partial charge in [-0.3, -0.25) is 5.84 Å². The van der Waals surface area contributed by atoms with Crippen molar-refractivity contribution in [2.24, 2.45) is 5.84 Å². The van der Waals surface area contributed by atoms with Crippen molar-refractivity contribution in [3.8, 4) is 0 Å². The molecule has 0 radical (unpaired) electrons. The number of para-hydroxylation sites is 1. The summed E-state index contributed by atoms with van der Waals surface area (Å²) in [6.45, 7) is 6.33. The zero-order valence-corrected chi connectivity index (χ0v) is 12.3. The number of benzene rings is 1. The van der Waals surface area contributed by atoms with Crippen molar-refractivity contribution >= 4 is 11.0 Å². The molecule has 0 aliphatic carbocycles. The van der Waals surface area contributed by atoms with E-state index in [2.05, 4.69) is 49.3 Å². The standard InChI is InChI=1S/C15H23N3O/c1-10-7-6-8-11-9-12(19-13(10)11)14(17-16)15(2,3)18(4)5/h6-9,14,17H,16H2,1-5H3. The summed E-state index contributed by atoms with van der Waals surface area (Å²) in [4.78, 5) is 2.14. The first-order valence-corrected chi connectivity index (χ1v) is 6.50. The molecule has 0 saturated heterocycles. The van der Waals surface area contributed by atoms with Crippen LogP contribution >= 0.6 is 0 Å². The van der Waals surface area contributed by atoms with Crippen LogP contribution in [0.2, 0.25) is 0 Å². The summed E-state index contributed by atoms with van der Waals surface area (Å²) in [6.07, 6.45) is 0. The van der Waals surface area contributed by atoms with Crippen LogP contribution in [-0.2, 0) is 0 Å². The number of fused-ring (bicyclic) bond motifs is 1. The van der Waals surface area contributed by atoms with E-state index in [0.717, 1.165) is 22.3 Å². The number of hydrazine groups is 1. The average Bonchev–Trinajstić information content (AvgIpc) is 2.74. The topological polar surface area (TPSA) is 54.4 Å². The lowest BCUT2D eigenvalue weighted by atomic mass is 9.91. The maximum atomic E-state index is 6.02. The van der Waals surface area contributed by atoms with Crippen LogP contribution in [0.15, 0.2) is 28.7 Å². The Morgan fingerprint density at radius 2 is 2.00 bits per heavy atom. The normalized spacial score (nSPS) is 14.3. The predicted molar refractivity (Wildman–Crippen MR) is 78.8 cm³/mol. The Hall–Kier alpha value is -1.36. The van der Waals surface area contributed by atoms with Gasteiger partial charge in [-0.05, 0) is 46.5 Å². The fraction of sp³-hybridized carbons (Fsp3) is 0.467. The zero-order chi connectivity index (χ0) is 14.2. The Kier molecular flexibility index (Phi) is 3.67. The van der Waals surface area contributed by atoms with Gasteiger partial charge in [-0.15, -0.1) is 0 Å². The van der Waals surface area contributed by atoms with Crippen LogP contribution in [0.3, 0.4) is 0 Å². The van der Waals surface area contributed by atoms with Gasteiger partial charge in [0.15, 0.2) is 0 Å². The van der Waals surface area contributed by atoms with Crippen LogP contribution in [0, 0.1) is 6.92 Å². The summed E-state index contributed by atoms with van der Waals surface area (Å²) in [6, 6.07) is 8.15. The zero-order valence-electron chi connectivity index (χ0n) is 12.3. The highest BCUT2D eigenvalue weighted by molar-refractivity contribution is 5.81. The molecule has 0 aliphatic heterocycles. The van der Waals surface area contributed by atoms with Gasteiger partial charge in [-0.1, -0.05) is 18.2 Å². The van der Waals surface area contributed by atoms with Gasteiger partial charge in [-0.2, -0.15) is 0 Å². The molecule has 1 aromatic heterocycles. The first-order valence-electron chi connectivity index (χ1n) is 6.50. The molecule has 1 atom stereocenters. The Morgan fingerprint density at radius 3 is 2.53 bits per heavy atom. The summed E-state index contributed by atoms with van der Waals surface area (Å²) >= 11 is 0. The van der Waals surface area contributed by atoms with Gasteiger partial charge < -0.3 is 9.32 Å². The summed E-state index contributed by atoms with van der Waals surface area (Å²) in [5.41, 5.74) is 4.81. The number of furan rings is 1. The van der Waals surface area contributed by atoms with Gasteiger partial charge in [0.2, 0.25) is 0 Å². The first-order chi connectivity index (χ1) is 8.87. The lowest BCUT2D eigenvalue weighted by Crippen LogP contribution is -2.51. The molecule has 0 saturated carbocycles. The van der Waals surface area contributed by atoms with Crippen molar-refractivity contribution in [1.82, 2.24) is 10.3 Å². The van der Waals surface area contributed by atoms with Gasteiger partial charge in [0.05, 0.1) is 6.04 Å². The maximum absolute atomic E-state index is 6.02. The molecule has 4 heteroatoms. The molecule has 2 rings (SSSR count). The SMILES string of the molecule is Cc1cccc2cc(C(NN)C(C)(C)N(C)C)oc12. The third-order valence-corrected chi connectivity index (χ3v) is 4.07. The second-order valence-corrected chi connectivity index (χ2v) is 5.79. The summed E-state index contributed by atoms with van der Waals surface area (Å²) in [5.74, 6) is 6.62. The van der Waals surface area contributed by atoms with Crippen LogP contribution in [0.1, 0.15) is 31.2 Å². The molecule has 0 spiro atoms. The molecular weight excluding hydrogens is 238 g/mol. The smallest absolute Gasteiger partial charge is 0.137 e. The van der Waals surface area contributed by atoms with E-state index in [1.54, 1.807) is 0 Å². The van der Waals surface area contributed by atoms with Gasteiger partial charge in [0.1, 0.15) is 11.3 Å². The second kappa shape index (κ2) is 4.96. The monoisotopic (exact) mass is 261 g/mol. The third kappa shape index (κ3) is 2.39. The van der Waals surface area contributed by atoms with E-state index < -0.39 is 0 Å². The van der Waals surface area contributed by atoms with Gasteiger partial charge in [-0.25, -0.2) is 5.43 Å². The average molecular weight is 261 g/mol. The lowest BCUT2D eigenvalue weighted by Gasteiger charge is -2.38. The van der Waals surface area contributed by atoms with E-state index in [1.165, 1.54) is 0 Å². The molecule has 0 aliphatic rings. The summed E-state index contributed by atoms with van der Waals surface area (Å²) in [5, 5.41) is 1.12. The maximum Gasteiger partial charge on any atom is 0.137 e. The van der Waals surface area contributed by atoms with Crippen LogP contribution in [0.5, 0.6) is 0 Å². The number of nitrogens with two attached hydrogens (primary N) is 1. The van der Waals surface area contributed by atoms with E-state index in [-0.39, 0.29) is 11.6 Å². The lowest BCUT2D eigenvalue weighted by molar-refractivity contribution is 0.126. The largest absolute Gasteiger partial charge is 0.459 e. The molecule has 1 aromatic carbocycles. The Morgan fingerprint density at radius 1 is 1.32 bits per heavy atom. The third-order valence-electron chi connectivity index (χ3n) is 4.07. The van der Waals surface area contributed by atoms with Crippen LogP contribution < -0.4 is 11.3 Å². The fourth-order valence-electron chi connectivity index (χ4n) is 2.26. The van der Waals surface area contributed by atoms with Crippen molar-refractivity contribution in [2.75, 3.05) is 14.1 Å². The minimum atomic E-state index is -0.156. The molecule has 3 N–H and O–H groups in total. The molecule has 0 bridgehead atoms. The number of nitrogens with zero attached hydrogens (tertiary/aromatic N) is 1. The quantitative estimate of drug-likeness (QED) is 0.656. The Balaban J connectivity index is 2.50. The predicted octanol–water partition coefficient (Wildman–Crippen LogP) is 2.59. The number of hydrogen-bond donors (Lipinski definition) is 2.